The maximum Gasteiger partial charge on any atom is 0.240 e. The number of rotatable bonds is 2. The lowest BCUT2D eigenvalue weighted by molar-refractivity contribution is -0.117. The summed E-state index contributed by atoms with van der Waals surface area (Å²) in [4.78, 5) is 11.2. The zero-order valence-corrected chi connectivity index (χ0v) is 9.41. The molecule has 70 valence electrons. The van der Waals surface area contributed by atoms with E-state index in [0.717, 1.165) is 9.26 Å². The van der Waals surface area contributed by atoms with Gasteiger partial charge in [0, 0.05) is 9.26 Å². The van der Waals surface area contributed by atoms with Crippen molar-refractivity contribution in [1.82, 2.24) is 0 Å². The Morgan fingerprint density at radius 2 is 2.31 bits per heavy atom. The van der Waals surface area contributed by atoms with Gasteiger partial charge in [0.1, 0.15) is 0 Å². The molecule has 0 bridgehead atoms. The standard InChI is InChI=1S/C9H11IN2O/c1-6(11)9(13)12-8-4-2-3-7(10)5-8/h2-6H,11H2,1H3,(H,12,13)/t6-/m0/s1. The summed E-state index contributed by atoms with van der Waals surface area (Å²) >= 11 is 2.19. The van der Waals surface area contributed by atoms with Gasteiger partial charge >= 0.3 is 0 Å². The van der Waals surface area contributed by atoms with Crippen molar-refractivity contribution in [2.24, 2.45) is 5.73 Å². The number of benzene rings is 1. The zero-order valence-electron chi connectivity index (χ0n) is 7.25. The zero-order chi connectivity index (χ0) is 9.84. The molecule has 3 nitrogen and oxygen atoms in total. The van der Waals surface area contributed by atoms with Gasteiger partial charge in [-0.3, -0.25) is 4.79 Å². The van der Waals surface area contributed by atoms with Crippen molar-refractivity contribution in [3.05, 3.63) is 27.8 Å². The molecule has 0 spiro atoms. The van der Waals surface area contributed by atoms with Gasteiger partial charge < -0.3 is 11.1 Å². The number of hydrogen-bond donors (Lipinski definition) is 2. The van der Waals surface area contributed by atoms with Crippen LogP contribution in [0.4, 0.5) is 5.69 Å². The number of carbonyl (C=O) groups is 1. The molecular weight excluding hydrogens is 279 g/mol. The molecule has 1 rings (SSSR count). The molecule has 0 radical (unpaired) electrons. The second-order valence-corrected chi connectivity index (χ2v) is 4.03. The molecule has 4 heteroatoms. The summed E-state index contributed by atoms with van der Waals surface area (Å²) in [5.74, 6) is -0.165. The molecule has 0 fully saturated rings. The first-order chi connectivity index (χ1) is 6.09. The Balaban J connectivity index is 2.69. The average Bonchev–Trinajstić information content (AvgIpc) is 2.04. The van der Waals surface area contributed by atoms with E-state index < -0.39 is 6.04 Å². The van der Waals surface area contributed by atoms with Crippen LogP contribution >= 0.6 is 22.6 Å². The molecule has 0 saturated heterocycles. The Kier molecular flexibility index (Phi) is 3.68. The third-order valence-corrected chi connectivity index (χ3v) is 2.18. The van der Waals surface area contributed by atoms with Crippen molar-refractivity contribution in [2.45, 2.75) is 13.0 Å². The maximum absolute atomic E-state index is 11.2. The highest BCUT2D eigenvalue weighted by molar-refractivity contribution is 14.1. The summed E-state index contributed by atoms with van der Waals surface area (Å²) in [7, 11) is 0. The van der Waals surface area contributed by atoms with E-state index in [0.29, 0.717) is 0 Å². The molecule has 1 atom stereocenters. The Morgan fingerprint density at radius 1 is 1.62 bits per heavy atom. The third kappa shape index (κ3) is 3.31. The van der Waals surface area contributed by atoms with E-state index in [4.69, 9.17) is 5.73 Å². The first kappa shape index (κ1) is 10.5. The van der Waals surface area contributed by atoms with Crippen molar-refractivity contribution in [3.8, 4) is 0 Å². The van der Waals surface area contributed by atoms with Gasteiger partial charge in [0.05, 0.1) is 6.04 Å². The van der Waals surface area contributed by atoms with Crippen molar-refractivity contribution in [2.75, 3.05) is 5.32 Å². The molecule has 0 aliphatic heterocycles. The van der Waals surface area contributed by atoms with Crippen molar-refractivity contribution in [1.29, 1.82) is 0 Å². The van der Waals surface area contributed by atoms with Crippen LogP contribution in [-0.4, -0.2) is 11.9 Å². The molecular formula is C9H11IN2O. The third-order valence-electron chi connectivity index (χ3n) is 1.51. The van der Waals surface area contributed by atoms with E-state index in [1.54, 1.807) is 6.92 Å². The van der Waals surface area contributed by atoms with Gasteiger partial charge in [0.25, 0.3) is 0 Å². The summed E-state index contributed by atoms with van der Waals surface area (Å²) < 4.78 is 1.08. The molecule has 0 heterocycles. The van der Waals surface area contributed by atoms with Crippen LogP contribution < -0.4 is 11.1 Å². The van der Waals surface area contributed by atoms with Crippen molar-refractivity contribution < 1.29 is 4.79 Å². The van der Waals surface area contributed by atoms with Crippen LogP contribution in [0.1, 0.15) is 6.92 Å². The van der Waals surface area contributed by atoms with Gasteiger partial charge in [-0.05, 0) is 47.7 Å². The van der Waals surface area contributed by atoms with E-state index >= 15 is 0 Å². The molecule has 1 aromatic carbocycles. The number of halogens is 1. The van der Waals surface area contributed by atoms with E-state index in [-0.39, 0.29) is 5.91 Å². The fourth-order valence-corrected chi connectivity index (χ4v) is 1.37. The summed E-state index contributed by atoms with van der Waals surface area (Å²) in [6.45, 7) is 1.66. The topological polar surface area (TPSA) is 55.1 Å². The van der Waals surface area contributed by atoms with Crippen molar-refractivity contribution in [3.63, 3.8) is 0 Å². The number of hydrogen-bond acceptors (Lipinski definition) is 2. The Bertz CT molecular complexity index is 312. The predicted octanol–water partition coefficient (Wildman–Crippen LogP) is 1.58. The van der Waals surface area contributed by atoms with E-state index in [1.165, 1.54) is 0 Å². The Morgan fingerprint density at radius 3 is 2.85 bits per heavy atom. The van der Waals surface area contributed by atoms with Gasteiger partial charge in [-0.25, -0.2) is 0 Å². The molecule has 3 N–H and O–H groups in total. The quantitative estimate of drug-likeness (QED) is 0.812. The first-order valence-electron chi connectivity index (χ1n) is 3.91. The number of nitrogens with one attached hydrogen (secondary N) is 1. The summed E-state index contributed by atoms with van der Waals surface area (Å²) in [6, 6.07) is 7.10. The van der Waals surface area contributed by atoms with E-state index in [9.17, 15) is 4.79 Å². The van der Waals surface area contributed by atoms with Crippen LogP contribution in [0, 0.1) is 3.57 Å². The van der Waals surface area contributed by atoms with Gasteiger partial charge in [0.15, 0.2) is 0 Å². The number of amides is 1. The van der Waals surface area contributed by atoms with Crippen LogP contribution in [-0.2, 0) is 4.79 Å². The van der Waals surface area contributed by atoms with Gasteiger partial charge in [-0.1, -0.05) is 6.07 Å². The Hall–Kier alpha value is -0.620. The molecule has 1 amide bonds. The van der Waals surface area contributed by atoms with E-state index in [1.807, 2.05) is 24.3 Å². The van der Waals surface area contributed by atoms with Gasteiger partial charge in [0.2, 0.25) is 5.91 Å². The minimum Gasteiger partial charge on any atom is -0.325 e. The second kappa shape index (κ2) is 4.57. The number of carbonyl (C=O) groups excluding carboxylic acids is 1. The SMILES string of the molecule is C[C@H](N)C(=O)Nc1cccc(I)c1. The minimum absolute atomic E-state index is 0.165. The van der Waals surface area contributed by atoms with Crippen LogP contribution in [0.2, 0.25) is 0 Å². The molecule has 0 aromatic heterocycles. The van der Waals surface area contributed by atoms with E-state index in [2.05, 4.69) is 27.9 Å². The highest BCUT2D eigenvalue weighted by Gasteiger charge is 2.06. The monoisotopic (exact) mass is 290 g/mol. The lowest BCUT2D eigenvalue weighted by Gasteiger charge is -2.07. The molecule has 0 saturated carbocycles. The minimum atomic E-state index is -0.474. The van der Waals surface area contributed by atoms with Gasteiger partial charge in [-0.2, -0.15) is 0 Å². The number of nitrogens with two attached hydrogens (primary N) is 1. The summed E-state index contributed by atoms with van der Waals surface area (Å²) in [6.07, 6.45) is 0. The van der Waals surface area contributed by atoms with Crippen LogP contribution in [0.5, 0.6) is 0 Å². The molecule has 0 aliphatic rings. The average molecular weight is 290 g/mol. The molecule has 0 unspecified atom stereocenters. The smallest absolute Gasteiger partial charge is 0.240 e. The fraction of sp³-hybridized carbons (Fsp3) is 0.222. The molecule has 0 aliphatic carbocycles. The van der Waals surface area contributed by atoms with Crippen LogP contribution in [0.25, 0.3) is 0 Å². The molecule has 13 heavy (non-hydrogen) atoms. The lowest BCUT2D eigenvalue weighted by Crippen LogP contribution is -2.32. The predicted molar refractivity (Wildman–Crippen MR) is 61.4 cm³/mol. The Labute approximate surface area is 90.8 Å². The highest BCUT2D eigenvalue weighted by Crippen LogP contribution is 2.12. The number of anilines is 1. The van der Waals surface area contributed by atoms with Crippen LogP contribution in [0.3, 0.4) is 0 Å². The summed E-state index contributed by atoms with van der Waals surface area (Å²) in [5.41, 5.74) is 6.19. The van der Waals surface area contributed by atoms with Gasteiger partial charge in [-0.15, -0.1) is 0 Å². The van der Waals surface area contributed by atoms with Crippen LogP contribution in [0.15, 0.2) is 24.3 Å². The highest BCUT2D eigenvalue weighted by atomic mass is 127. The fourth-order valence-electron chi connectivity index (χ4n) is 0.822. The molecule has 1 aromatic rings. The summed E-state index contributed by atoms with van der Waals surface area (Å²) in [5, 5.41) is 2.71. The first-order valence-corrected chi connectivity index (χ1v) is 4.99. The second-order valence-electron chi connectivity index (χ2n) is 2.79. The normalized spacial score (nSPS) is 12.2. The lowest BCUT2D eigenvalue weighted by atomic mass is 10.3. The largest absolute Gasteiger partial charge is 0.325 e. The maximum atomic E-state index is 11.2. The van der Waals surface area contributed by atoms with Crippen molar-refractivity contribution >= 4 is 34.2 Å².